The van der Waals surface area contributed by atoms with Gasteiger partial charge in [-0.2, -0.15) is 0 Å². The lowest BCUT2D eigenvalue weighted by Crippen LogP contribution is -1.86. The topological polar surface area (TPSA) is 36.9 Å². The molecule has 0 aliphatic heterocycles. The van der Waals surface area contributed by atoms with Crippen LogP contribution < -0.4 is 0 Å². The van der Waals surface area contributed by atoms with Gasteiger partial charge < -0.3 is 0 Å². The number of hydrogen-bond donors (Lipinski definition) is 0. The Morgan fingerprint density at radius 3 is 2.62 bits per heavy atom. The van der Waals surface area contributed by atoms with E-state index in [2.05, 4.69) is 25.7 Å². The maximum atomic E-state index is 10.4. The lowest BCUT2D eigenvalue weighted by atomic mass is 11.3. The molecule has 1 atom stereocenters. The Labute approximate surface area is 46.7 Å². The second-order valence-corrected chi connectivity index (χ2v) is 0.817. The van der Waals surface area contributed by atoms with Crippen molar-refractivity contribution >= 4 is 9.24 Å². The molecule has 0 amide bonds. The van der Waals surface area contributed by atoms with Gasteiger partial charge in [0.05, 0.1) is 0 Å². The molecule has 0 N–H and O–H groups in total. The Kier molecular flexibility index (Phi) is 6.27. The molecule has 0 radical (unpaired) electrons. The highest BCUT2D eigenvalue weighted by molar-refractivity contribution is 7.23. The summed E-state index contributed by atoms with van der Waals surface area (Å²) in [4.78, 5) is 3.75. The average molecular weight is 140 g/mol. The minimum atomic E-state index is 1.90. The molecule has 0 saturated carbocycles. The molecule has 8 heavy (non-hydrogen) atoms. The summed E-state index contributed by atoms with van der Waals surface area (Å²) in [5.74, 6) is 0. The summed E-state index contributed by atoms with van der Waals surface area (Å²) < 4.78 is 10.4. The van der Waals surface area contributed by atoms with Crippen LogP contribution in [0.5, 0.6) is 0 Å². The molecule has 46 valence electrons. The molecular formula is C2H2FO4P. The highest BCUT2D eigenvalue weighted by atomic mass is 31.0. The molecule has 0 rings (SSSR count). The highest BCUT2D eigenvalue weighted by Gasteiger charge is 1.80. The van der Waals surface area contributed by atoms with Crippen LogP contribution in [0.3, 0.4) is 0 Å². The standard InChI is InChI=1S/C2H2FO4P/c3-5-7-6-4-1-2-8/h8H2. The Morgan fingerprint density at radius 1 is 1.38 bits per heavy atom. The van der Waals surface area contributed by atoms with Gasteiger partial charge in [-0.1, -0.05) is 9.24 Å². The van der Waals surface area contributed by atoms with Crippen LogP contribution in [-0.4, -0.2) is 0 Å². The van der Waals surface area contributed by atoms with E-state index < -0.39 is 0 Å². The van der Waals surface area contributed by atoms with E-state index in [1.54, 1.807) is 0 Å². The Balaban J connectivity index is 2.79. The van der Waals surface area contributed by atoms with Crippen LogP contribution in [0.4, 0.5) is 4.53 Å². The van der Waals surface area contributed by atoms with Crippen LogP contribution in [0.25, 0.3) is 0 Å². The predicted octanol–water partition coefficient (Wildman–Crippen LogP) is 0.476. The minimum Gasteiger partial charge on any atom is -0.250 e. The molecule has 0 saturated heterocycles. The molecular weight excluding hydrogens is 138 g/mol. The normalized spacial score (nSPS) is 7.25. The Morgan fingerprint density at radius 2 is 2.12 bits per heavy atom. The van der Waals surface area contributed by atoms with Crippen LogP contribution in [0.15, 0.2) is 0 Å². The zero-order valence-corrected chi connectivity index (χ0v) is 4.74. The van der Waals surface area contributed by atoms with Crippen molar-refractivity contribution in [2.24, 2.45) is 0 Å². The summed E-state index contributed by atoms with van der Waals surface area (Å²) in [6.07, 6.45) is 1.90. The van der Waals surface area contributed by atoms with E-state index >= 15 is 0 Å². The zero-order chi connectivity index (χ0) is 6.24. The molecule has 1 unspecified atom stereocenters. The van der Waals surface area contributed by atoms with Gasteiger partial charge in [0, 0.05) is 15.2 Å². The van der Waals surface area contributed by atoms with Gasteiger partial charge in [0.1, 0.15) is 0 Å². The summed E-state index contributed by atoms with van der Waals surface area (Å²) in [5, 5.41) is 9.04. The highest BCUT2D eigenvalue weighted by Crippen LogP contribution is 1.81. The quantitative estimate of drug-likeness (QED) is 0.188. The summed E-state index contributed by atoms with van der Waals surface area (Å²) in [6.45, 7) is 0. The van der Waals surface area contributed by atoms with Crippen LogP contribution in [0.2, 0.25) is 0 Å². The molecule has 0 aromatic carbocycles. The lowest BCUT2D eigenvalue weighted by molar-refractivity contribution is -0.666. The first-order valence-electron chi connectivity index (χ1n) is 1.40. The van der Waals surface area contributed by atoms with Gasteiger partial charge in [-0.3, -0.25) is 0 Å². The Hall–Kier alpha value is -0.400. The van der Waals surface area contributed by atoms with E-state index in [9.17, 15) is 4.53 Å². The van der Waals surface area contributed by atoms with Gasteiger partial charge >= 0.3 is 0 Å². The fraction of sp³-hybridized carbons (Fsp3) is 0. The van der Waals surface area contributed by atoms with Crippen LogP contribution in [0, 0.1) is 11.8 Å². The van der Waals surface area contributed by atoms with E-state index in [0.717, 1.165) is 0 Å². The van der Waals surface area contributed by atoms with E-state index in [1.165, 1.54) is 0 Å². The van der Waals surface area contributed by atoms with Crippen LogP contribution in [0.1, 0.15) is 0 Å². The van der Waals surface area contributed by atoms with Gasteiger partial charge in [-0.15, -0.1) is 0 Å². The molecule has 0 bridgehead atoms. The van der Waals surface area contributed by atoms with Crippen LogP contribution >= 0.6 is 9.24 Å². The van der Waals surface area contributed by atoms with Gasteiger partial charge in [0.2, 0.25) is 0 Å². The zero-order valence-electron chi connectivity index (χ0n) is 3.59. The van der Waals surface area contributed by atoms with Gasteiger partial charge in [0.25, 0.3) is 0 Å². The van der Waals surface area contributed by atoms with Gasteiger partial charge in [-0.05, 0) is 10.2 Å². The molecule has 0 spiro atoms. The third kappa shape index (κ3) is 5.60. The summed E-state index contributed by atoms with van der Waals surface area (Å²) in [7, 11) is 2.01. The first-order valence-corrected chi connectivity index (χ1v) is 1.97. The molecule has 6 heteroatoms. The van der Waals surface area contributed by atoms with Crippen molar-refractivity contribution in [2.75, 3.05) is 0 Å². The van der Waals surface area contributed by atoms with E-state index in [4.69, 9.17) is 0 Å². The summed E-state index contributed by atoms with van der Waals surface area (Å²) in [6, 6.07) is 0. The SMILES string of the molecule is FOOOOC#CP. The maximum absolute atomic E-state index is 10.4. The first-order chi connectivity index (χ1) is 3.91. The van der Waals surface area contributed by atoms with Crippen LogP contribution in [-0.2, 0) is 20.1 Å². The average Bonchev–Trinajstić information content (AvgIpc) is 1.81. The Bertz CT molecular complexity index is 95.9. The largest absolute Gasteiger partial charge is 0.250 e. The monoisotopic (exact) mass is 140 g/mol. The summed E-state index contributed by atoms with van der Waals surface area (Å²) in [5.41, 5.74) is 2.19. The van der Waals surface area contributed by atoms with Gasteiger partial charge in [0.15, 0.2) is 6.11 Å². The van der Waals surface area contributed by atoms with Crippen molar-refractivity contribution in [3.05, 3.63) is 0 Å². The van der Waals surface area contributed by atoms with Crippen molar-refractivity contribution in [3.8, 4) is 11.8 Å². The molecule has 0 fully saturated rings. The predicted molar refractivity (Wildman–Crippen MR) is 22.9 cm³/mol. The second kappa shape index (κ2) is 6.60. The van der Waals surface area contributed by atoms with E-state index in [0.29, 0.717) is 0 Å². The minimum absolute atomic E-state index is 1.90. The van der Waals surface area contributed by atoms with Crippen molar-refractivity contribution in [1.82, 2.24) is 0 Å². The summed E-state index contributed by atoms with van der Waals surface area (Å²) >= 11 is 0. The van der Waals surface area contributed by atoms with Crippen molar-refractivity contribution < 1.29 is 24.6 Å². The number of rotatable bonds is 3. The third-order valence-electron chi connectivity index (χ3n) is 0.188. The molecule has 0 aromatic heterocycles. The van der Waals surface area contributed by atoms with E-state index in [1.807, 2.05) is 15.3 Å². The van der Waals surface area contributed by atoms with Gasteiger partial charge in [-0.25, -0.2) is 4.89 Å². The lowest BCUT2D eigenvalue weighted by Gasteiger charge is -1.85. The molecule has 0 aliphatic carbocycles. The molecule has 0 aliphatic rings. The second-order valence-electron chi connectivity index (χ2n) is 0.529. The number of hydrogen-bond acceptors (Lipinski definition) is 4. The van der Waals surface area contributed by atoms with Crippen molar-refractivity contribution in [2.45, 2.75) is 0 Å². The number of halogens is 1. The third-order valence-corrected chi connectivity index (χ3v) is 0.306. The maximum Gasteiger partial charge on any atom is 0.164 e. The molecule has 0 heterocycles. The first kappa shape index (κ1) is 7.60. The van der Waals surface area contributed by atoms with E-state index in [-0.39, 0.29) is 0 Å². The van der Waals surface area contributed by atoms with Crippen molar-refractivity contribution in [3.63, 3.8) is 0 Å². The fourth-order valence-corrected chi connectivity index (χ4v) is 0.114. The molecule has 0 aromatic rings. The fourth-order valence-electron chi connectivity index (χ4n) is 0.0655. The smallest absolute Gasteiger partial charge is 0.164 e. The molecule has 4 nitrogen and oxygen atoms in total. The van der Waals surface area contributed by atoms with Crippen molar-refractivity contribution in [1.29, 1.82) is 0 Å².